The van der Waals surface area contributed by atoms with Gasteiger partial charge in [-0.1, -0.05) is 0 Å². The summed E-state index contributed by atoms with van der Waals surface area (Å²) in [5.74, 6) is 0.0139. The van der Waals surface area contributed by atoms with Crippen LogP contribution in [0.2, 0.25) is 0 Å². The van der Waals surface area contributed by atoms with Gasteiger partial charge in [-0.05, 0) is 12.8 Å². The van der Waals surface area contributed by atoms with Crippen LogP contribution in [0.1, 0.15) is 19.3 Å². The molecule has 0 bridgehead atoms. The zero-order chi connectivity index (χ0) is 11.6. The summed E-state index contributed by atoms with van der Waals surface area (Å²) >= 11 is 0. The molecule has 0 saturated carbocycles. The first kappa shape index (κ1) is 11.8. The van der Waals surface area contributed by atoms with E-state index >= 15 is 0 Å². The van der Waals surface area contributed by atoms with Gasteiger partial charge in [0.1, 0.15) is 0 Å². The predicted octanol–water partition coefficient (Wildman–Crippen LogP) is -0.258. The molecule has 0 aliphatic carbocycles. The number of ether oxygens (including phenoxy) is 2. The Morgan fingerprint density at radius 3 is 3.19 bits per heavy atom. The van der Waals surface area contributed by atoms with Crippen LogP contribution in [0.3, 0.4) is 0 Å². The first-order chi connectivity index (χ1) is 7.69. The molecule has 0 aromatic rings. The number of methoxy groups -OCH3 is 1. The van der Waals surface area contributed by atoms with Gasteiger partial charge in [-0.3, -0.25) is 4.79 Å². The topological polar surface area (TPSA) is 64.8 Å². The first-order valence-electron chi connectivity index (χ1n) is 5.84. The molecule has 5 nitrogen and oxygen atoms in total. The number of hydrogen-bond acceptors (Lipinski definition) is 4. The summed E-state index contributed by atoms with van der Waals surface area (Å²) in [6, 6.07) is 0. The fourth-order valence-electron chi connectivity index (χ4n) is 2.66. The molecule has 5 heteroatoms. The van der Waals surface area contributed by atoms with E-state index in [0.29, 0.717) is 6.54 Å². The van der Waals surface area contributed by atoms with Crippen LogP contribution in [-0.4, -0.2) is 55.9 Å². The maximum absolute atomic E-state index is 11.5. The summed E-state index contributed by atoms with van der Waals surface area (Å²) in [6.45, 7) is 2.24. The van der Waals surface area contributed by atoms with Gasteiger partial charge in [0.05, 0.1) is 18.2 Å². The summed E-state index contributed by atoms with van der Waals surface area (Å²) in [7, 11) is 1.74. The van der Waals surface area contributed by atoms with Gasteiger partial charge in [0.25, 0.3) is 0 Å². The molecule has 0 aromatic heterocycles. The Bertz CT molecular complexity index is 272. The largest absolute Gasteiger partial charge is 0.381 e. The van der Waals surface area contributed by atoms with Crippen LogP contribution < -0.4 is 5.73 Å². The van der Waals surface area contributed by atoms with Crippen LogP contribution in [0, 0.1) is 0 Å². The van der Waals surface area contributed by atoms with Gasteiger partial charge in [0.2, 0.25) is 5.91 Å². The number of amides is 1. The molecule has 1 amide bonds. The maximum Gasteiger partial charge on any atom is 0.236 e. The lowest BCUT2D eigenvalue weighted by atomic mass is 9.91. The average molecular weight is 228 g/mol. The molecule has 1 spiro atoms. The summed E-state index contributed by atoms with van der Waals surface area (Å²) in [6.07, 6.45) is 3.00. The Labute approximate surface area is 95.9 Å². The molecule has 2 aliphatic heterocycles. The second-order valence-corrected chi connectivity index (χ2v) is 4.65. The second kappa shape index (κ2) is 4.69. The number of hydrogen-bond donors (Lipinski definition) is 1. The van der Waals surface area contributed by atoms with E-state index in [4.69, 9.17) is 15.2 Å². The predicted molar refractivity (Wildman–Crippen MR) is 59.0 cm³/mol. The fourth-order valence-corrected chi connectivity index (χ4v) is 2.66. The van der Waals surface area contributed by atoms with E-state index in [-0.39, 0.29) is 24.2 Å². The molecule has 0 aromatic carbocycles. The number of nitrogens with zero attached hydrogens (tertiary/aromatic N) is 1. The highest BCUT2D eigenvalue weighted by molar-refractivity contribution is 5.78. The van der Waals surface area contributed by atoms with Crippen molar-refractivity contribution in [2.24, 2.45) is 5.73 Å². The van der Waals surface area contributed by atoms with Crippen LogP contribution in [0.5, 0.6) is 0 Å². The smallest absolute Gasteiger partial charge is 0.236 e. The Hall–Kier alpha value is -0.650. The third kappa shape index (κ3) is 2.21. The van der Waals surface area contributed by atoms with E-state index in [2.05, 4.69) is 0 Å². The van der Waals surface area contributed by atoms with Gasteiger partial charge >= 0.3 is 0 Å². The van der Waals surface area contributed by atoms with E-state index in [0.717, 1.165) is 32.4 Å². The van der Waals surface area contributed by atoms with Gasteiger partial charge in [-0.15, -0.1) is 0 Å². The molecule has 2 saturated heterocycles. The molecule has 0 unspecified atom stereocenters. The van der Waals surface area contributed by atoms with E-state index in [1.807, 2.05) is 0 Å². The van der Waals surface area contributed by atoms with Crippen molar-refractivity contribution in [3.63, 3.8) is 0 Å². The third-order valence-corrected chi connectivity index (χ3v) is 3.62. The highest BCUT2D eigenvalue weighted by Gasteiger charge is 2.44. The zero-order valence-electron chi connectivity index (χ0n) is 9.78. The van der Waals surface area contributed by atoms with Crippen molar-refractivity contribution >= 4 is 5.91 Å². The van der Waals surface area contributed by atoms with Crippen LogP contribution >= 0.6 is 0 Å². The lowest BCUT2D eigenvalue weighted by molar-refractivity contribution is -0.136. The van der Waals surface area contributed by atoms with Crippen molar-refractivity contribution in [3.8, 4) is 0 Å². The van der Waals surface area contributed by atoms with Crippen molar-refractivity contribution < 1.29 is 14.3 Å². The second-order valence-electron chi connectivity index (χ2n) is 4.65. The van der Waals surface area contributed by atoms with Crippen molar-refractivity contribution in [2.75, 3.05) is 33.4 Å². The van der Waals surface area contributed by atoms with Crippen molar-refractivity contribution in [1.82, 2.24) is 4.90 Å². The number of carbonyl (C=O) groups is 1. The van der Waals surface area contributed by atoms with Crippen LogP contribution in [0.25, 0.3) is 0 Å². The Morgan fingerprint density at radius 1 is 1.69 bits per heavy atom. The summed E-state index contributed by atoms with van der Waals surface area (Å²) < 4.78 is 11.3. The zero-order valence-corrected chi connectivity index (χ0v) is 9.78. The highest BCUT2D eigenvalue weighted by Crippen LogP contribution is 2.34. The minimum atomic E-state index is -0.177. The summed E-state index contributed by atoms with van der Waals surface area (Å²) in [4.78, 5) is 13.3. The average Bonchev–Trinajstić information content (AvgIpc) is 2.72. The SMILES string of the molecule is CO[C@H]1CCO[C@]2(CCN(C(=O)CN)C2)C1. The Kier molecular flexibility index (Phi) is 3.47. The van der Waals surface area contributed by atoms with Crippen molar-refractivity contribution in [3.05, 3.63) is 0 Å². The van der Waals surface area contributed by atoms with E-state index < -0.39 is 0 Å². The molecule has 2 aliphatic rings. The monoisotopic (exact) mass is 228 g/mol. The Morgan fingerprint density at radius 2 is 2.50 bits per heavy atom. The lowest BCUT2D eigenvalue weighted by Crippen LogP contribution is -2.46. The van der Waals surface area contributed by atoms with Gasteiger partial charge < -0.3 is 20.1 Å². The molecular formula is C11H20N2O3. The fraction of sp³-hybridized carbons (Fsp3) is 0.909. The molecule has 92 valence electrons. The summed E-state index contributed by atoms with van der Waals surface area (Å²) in [5.41, 5.74) is 5.19. The molecule has 2 N–H and O–H groups in total. The standard InChI is InChI=1S/C11H20N2O3/c1-15-9-2-5-16-11(6-9)3-4-13(8-11)10(14)7-12/h9H,2-8,12H2,1H3/t9-,11+/m0/s1. The Balaban J connectivity index is 1.97. The van der Waals surface area contributed by atoms with Crippen LogP contribution in [-0.2, 0) is 14.3 Å². The van der Waals surface area contributed by atoms with Gasteiger partial charge in [0.15, 0.2) is 0 Å². The van der Waals surface area contributed by atoms with E-state index in [1.54, 1.807) is 12.0 Å². The normalized spacial score (nSPS) is 34.6. The quantitative estimate of drug-likeness (QED) is 0.707. The lowest BCUT2D eigenvalue weighted by Gasteiger charge is -2.37. The molecular weight excluding hydrogens is 208 g/mol. The van der Waals surface area contributed by atoms with Crippen molar-refractivity contribution in [1.29, 1.82) is 0 Å². The molecule has 2 atom stereocenters. The molecule has 2 rings (SSSR count). The summed E-state index contributed by atoms with van der Waals surface area (Å²) in [5, 5.41) is 0. The maximum atomic E-state index is 11.5. The number of nitrogens with two attached hydrogens (primary N) is 1. The molecule has 0 radical (unpaired) electrons. The van der Waals surface area contributed by atoms with Gasteiger partial charge in [-0.2, -0.15) is 0 Å². The van der Waals surface area contributed by atoms with Gasteiger partial charge in [0, 0.05) is 33.2 Å². The van der Waals surface area contributed by atoms with Crippen LogP contribution in [0.4, 0.5) is 0 Å². The number of rotatable bonds is 2. The minimum absolute atomic E-state index is 0.0139. The number of likely N-dealkylation sites (tertiary alicyclic amines) is 1. The molecule has 16 heavy (non-hydrogen) atoms. The van der Waals surface area contributed by atoms with E-state index in [1.165, 1.54) is 0 Å². The highest BCUT2D eigenvalue weighted by atomic mass is 16.5. The van der Waals surface area contributed by atoms with Gasteiger partial charge in [-0.25, -0.2) is 0 Å². The number of carbonyl (C=O) groups excluding carboxylic acids is 1. The van der Waals surface area contributed by atoms with Crippen molar-refractivity contribution in [2.45, 2.75) is 31.0 Å². The van der Waals surface area contributed by atoms with E-state index in [9.17, 15) is 4.79 Å². The third-order valence-electron chi connectivity index (χ3n) is 3.62. The molecule has 2 heterocycles. The first-order valence-corrected chi connectivity index (χ1v) is 5.84. The molecule has 2 fully saturated rings. The minimum Gasteiger partial charge on any atom is -0.381 e. The van der Waals surface area contributed by atoms with Crippen LogP contribution in [0.15, 0.2) is 0 Å².